The van der Waals surface area contributed by atoms with E-state index in [1.165, 1.54) is 5.75 Å². The highest BCUT2D eigenvalue weighted by molar-refractivity contribution is 7.99. The molecule has 2 amide bonds. The lowest BCUT2D eigenvalue weighted by atomic mass is 9.98. The molecule has 2 unspecified atom stereocenters. The average molecular weight is 199 g/mol. The molecule has 2 rings (SSSR count). The summed E-state index contributed by atoms with van der Waals surface area (Å²) in [7, 11) is 1.78. The minimum atomic E-state index is -0.195. The van der Waals surface area contributed by atoms with Crippen molar-refractivity contribution in [3.8, 4) is 0 Å². The van der Waals surface area contributed by atoms with E-state index >= 15 is 0 Å². The predicted octanol–water partition coefficient (Wildman–Crippen LogP) is 0.531. The van der Waals surface area contributed by atoms with E-state index in [1.54, 1.807) is 11.9 Å². The molecule has 1 saturated heterocycles. The highest BCUT2D eigenvalue weighted by atomic mass is 32.2. The Morgan fingerprint density at radius 2 is 2.46 bits per heavy atom. The lowest BCUT2D eigenvalue weighted by Gasteiger charge is -2.24. The summed E-state index contributed by atoms with van der Waals surface area (Å²) in [5.74, 6) is 3.28. The maximum atomic E-state index is 11.2. The summed E-state index contributed by atoms with van der Waals surface area (Å²) in [6, 6.07) is -0.137. The predicted molar refractivity (Wildman–Crippen MR) is 54.0 cm³/mol. The van der Waals surface area contributed by atoms with E-state index in [1.807, 2.05) is 11.8 Å². The molecule has 13 heavy (non-hydrogen) atoms. The smallest absolute Gasteiger partial charge is 0.345 e. The molecular weight excluding hydrogens is 186 g/mol. The number of rotatable bonds is 1. The van der Waals surface area contributed by atoms with Crippen LogP contribution in [0.4, 0.5) is 4.79 Å². The van der Waals surface area contributed by atoms with Crippen LogP contribution in [0.15, 0.2) is 4.99 Å². The third kappa shape index (κ3) is 1.41. The van der Waals surface area contributed by atoms with E-state index in [0.29, 0.717) is 11.8 Å². The molecule has 0 aliphatic carbocycles. The molecule has 0 radical (unpaired) electrons. The topological polar surface area (TPSA) is 58.7 Å². The highest BCUT2D eigenvalue weighted by Crippen LogP contribution is 2.30. The van der Waals surface area contributed by atoms with E-state index in [2.05, 4.69) is 4.99 Å². The van der Waals surface area contributed by atoms with Crippen molar-refractivity contribution in [2.45, 2.75) is 12.5 Å². The number of urea groups is 1. The first-order valence-electron chi connectivity index (χ1n) is 4.38. The first-order chi connectivity index (χ1) is 6.20. The molecule has 2 aliphatic rings. The number of carbonyl (C=O) groups excluding carboxylic acids is 1. The van der Waals surface area contributed by atoms with Crippen LogP contribution >= 0.6 is 11.8 Å². The van der Waals surface area contributed by atoms with Crippen molar-refractivity contribution >= 4 is 23.6 Å². The van der Waals surface area contributed by atoms with Crippen molar-refractivity contribution in [1.82, 2.24) is 4.90 Å². The Bertz CT molecular complexity index is 260. The van der Waals surface area contributed by atoms with Gasteiger partial charge in [-0.15, -0.1) is 0 Å². The Hall–Kier alpha value is -0.710. The summed E-state index contributed by atoms with van der Waals surface area (Å²) in [5.41, 5.74) is 5.72. The van der Waals surface area contributed by atoms with Crippen LogP contribution in [0, 0.1) is 5.92 Å². The summed E-state index contributed by atoms with van der Waals surface area (Å²) in [5, 5.41) is 0. The van der Waals surface area contributed by atoms with Crippen LogP contribution in [0.25, 0.3) is 0 Å². The minimum absolute atomic E-state index is 0.0579. The van der Waals surface area contributed by atoms with Crippen molar-refractivity contribution in [3.63, 3.8) is 0 Å². The van der Waals surface area contributed by atoms with Crippen LogP contribution < -0.4 is 5.73 Å². The molecule has 0 aromatic rings. The Labute approximate surface area is 81.6 Å². The van der Waals surface area contributed by atoms with Gasteiger partial charge in [0.05, 0.1) is 6.04 Å². The lowest BCUT2D eigenvalue weighted by Crippen LogP contribution is -2.43. The largest absolute Gasteiger partial charge is 0.385 e. The van der Waals surface area contributed by atoms with E-state index in [0.717, 1.165) is 12.2 Å². The summed E-state index contributed by atoms with van der Waals surface area (Å²) in [4.78, 5) is 16.6. The molecule has 72 valence electrons. The SMILES string of the molecule is CN1C(=O)N=C(N)C1C1CCSC1. The fraction of sp³-hybridized carbons (Fsp3) is 0.750. The van der Waals surface area contributed by atoms with E-state index < -0.39 is 0 Å². The zero-order chi connectivity index (χ0) is 9.42. The zero-order valence-electron chi connectivity index (χ0n) is 7.56. The Morgan fingerprint density at radius 3 is 2.92 bits per heavy atom. The number of nitrogens with two attached hydrogens (primary N) is 1. The maximum absolute atomic E-state index is 11.2. The van der Waals surface area contributed by atoms with Crippen LogP contribution in [0.1, 0.15) is 6.42 Å². The fourth-order valence-electron chi connectivity index (χ4n) is 1.93. The molecule has 5 heteroatoms. The normalized spacial score (nSPS) is 34.1. The average Bonchev–Trinajstić information content (AvgIpc) is 2.63. The van der Waals surface area contributed by atoms with Gasteiger partial charge in [-0.1, -0.05) is 0 Å². The van der Waals surface area contributed by atoms with Gasteiger partial charge in [-0.3, -0.25) is 0 Å². The van der Waals surface area contributed by atoms with Crippen LogP contribution in [0.2, 0.25) is 0 Å². The van der Waals surface area contributed by atoms with Gasteiger partial charge in [-0.05, 0) is 23.8 Å². The molecule has 0 bridgehead atoms. The van der Waals surface area contributed by atoms with Gasteiger partial charge in [0.1, 0.15) is 5.84 Å². The number of likely N-dealkylation sites (N-methyl/N-ethyl adjacent to an activating group) is 1. The van der Waals surface area contributed by atoms with Gasteiger partial charge in [-0.25, -0.2) is 4.79 Å². The van der Waals surface area contributed by atoms with E-state index in [-0.39, 0.29) is 12.1 Å². The molecule has 0 spiro atoms. The van der Waals surface area contributed by atoms with Gasteiger partial charge in [0.2, 0.25) is 0 Å². The van der Waals surface area contributed by atoms with Gasteiger partial charge in [0.25, 0.3) is 0 Å². The van der Waals surface area contributed by atoms with Gasteiger partial charge >= 0.3 is 6.03 Å². The van der Waals surface area contributed by atoms with Gasteiger partial charge < -0.3 is 10.6 Å². The monoisotopic (exact) mass is 199 g/mol. The van der Waals surface area contributed by atoms with Gasteiger partial charge in [0, 0.05) is 7.05 Å². The standard InChI is InChI=1S/C8H13N3OS/c1-11-6(5-2-3-13-4-5)7(9)10-8(11)12/h5-6H,2-4H2,1H3,(H2,9,10,12). The van der Waals surface area contributed by atoms with Crippen molar-refractivity contribution in [2.75, 3.05) is 18.6 Å². The molecule has 2 aliphatic heterocycles. The number of hydrogen-bond donors (Lipinski definition) is 1. The van der Waals surface area contributed by atoms with Crippen molar-refractivity contribution in [2.24, 2.45) is 16.6 Å². The molecule has 0 aromatic carbocycles. The van der Waals surface area contributed by atoms with E-state index in [4.69, 9.17) is 5.73 Å². The third-order valence-corrected chi connectivity index (χ3v) is 3.85. The Kier molecular flexibility index (Phi) is 2.19. The molecule has 0 aromatic heterocycles. The summed E-state index contributed by atoms with van der Waals surface area (Å²) in [6.45, 7) is 0. The van der Waals surface area contributed by atoms with Gasteiger partial charge in [-0.2, -0.15) is 16.8 Å². The number of amides is 2. The lowest BCUT2D eigenvalue weighted by molar-refractivity contribution is 0.208. The molecule has 0 saturated carbocycles. The number of amidine groups is 1. The number of carbonyl (C=O) groups is 1. The number of nitrogens with zero attached hydrogens (tertiary/aromatic N) is 2. The molecule has 2 atom stereocenters. The third-order valence-electron chi connectivity index (χ3n) is 2.66. The molecule has 1 fully saturated rings. The molecule has 2 heterocycles. The first kappa shape index (κ1) is 8.87. The molecule has 2 N–H and O–H groups in total. The number of thioether (sulfide) groups is 1. The Balaban J connectivity index is 2.14. The minimum Gasteiger partial charge on any atom is -0.385 e. The maximum Gasteiger partial charge on any atom is 0.345 e. The highest BCUT2D eigenvalue weighted by Gasteiger charge is 2.37. The second-order valence-corrected chi connectivity index (χ2v) is 4.65. The Morgan fingerprint density at radius 1 is 1.69 bits per heavy atom. The number of aliphatic imine (C=N–C) groups is 1. The summed E-state index contributed by atoms with van der Waals surface area (Å²) < 4.78 is 0. The van der Waals surface area contributed by atoms with E-state index in [9.17, 15) is 4.79 Å². The van der Waals surface area contributed by atoms with Crippen LogP contribution in [0.3, 0.4) is 0 Å². The summed E-state index contributed by atoms with van der Waals surface area (Å²) >= 11 is 1.93. The van der Waals surface area contributed by atoms with Crippen LogP contribution in [0.5, 0.6) is 0 Å². The second-order valence-electron chi connectivity index (χ2n) is 3.50. The van der Waals surface area contributed by atoms with Crippen LogP contribution in [-0.4, -0.2) is 41.4 Å². The zero-order valence-corrected chi connectivity index (χ0v) is 8.38. The van der Waals surface area contributed by atoms with Crippen molar-refractivity contribution in [1.29, 1.82) is 0 Å². The van der Waals surface area contributed by atoms with Crippen molar-refractivity contribution < 1.29 is 4.79 Å². The quantitative estimate of drug-likeness (QED) is 0.670. The number of hydrogen-bond acceptors (Lipinski definition) is 3. The second kappa shape index (κ2) is 3.21. The van der Waals surface area contributed by atoms with Gasteiger partial charge in [0.15, 0.2) is 0 Å². The summed E-state index contributed by atoms with van der Waals surface area (Å²) in [6.07, 6.45) is 1.14. The van der Waals surface area contributed by atoms with Crippen LogP contribution in [-0.2, 0) is 0 Å². The van der Waals surface area contributed by atoms with Crippen molar-refractivity contribution in [3.05, 3.63) is 0 Å². The molecular formula is C8H13N3OS. The molecule has 4 nitrogen and oxygen atoms in total. The first-order valence-corrected chi connectivity index (χ1v) is 5.54. The fourth-order valence-corrected chi connectivity index (χ4v) is 3.22.